The van der Waals surface area contributed by atoms with Crippen molar-refractivity contribution >= 4 is 22.5 Å². The fourth-order valence-corrected chi connectivity index (χ4v) is 2.60. The Balaban J connectivity index is 1.77. The third kappa shape index (κ3) is 3.41. The molecule has 9 nitrogen and oxygen atoms in total. The maximum absolute atomic E-state index is 13.4. The number of hydrogen-bond donors (Lipinski definition) is 2. The zero-order valence-corrected chi connectivity index (χ0v) is 14.5. The number of rotatable bonds is 6. The van der Waals surface area contributed by atoms with Gasteiger partial charge in [-0.15, -0.1) is 0 Å². The van der Waals surface area contributed by atoms with Gasteiger partial charge in [-0.1, -0.05) is 0 Å². The highest BCUT2D eigenvalue weighted by atomic mass is 19.4. The quantitative estimate of drug-likeness (QED) is 0.518. The Morgan fingerprint density at radius 1 is 1.32 bits per heavy atom. The lowest BCUT2D eigenvalue weighted by atomic mass is 10.3. The molecular weight excluding hydrogens is 379 g/mol. The molecule has 0 aliphatic heterocycles. The van der Waals surface area contributed by atoms with Crippen LogP contribution in [0.5, 0.6) is 0 Å². The normalized spacial score (nSPS) is 12.0. The van der Waals surface area contributed by atoms with E-state index in [0.717, 1.165) is 4.68 Å². The third-order valence-electron chi connectivity index (χ3n) is 3.89. The zero-order valence-electron chi connectivity index (χ0n) is 14.5. The van der Waals surface area contributed by atoms with Crippen LogP contribution in [0, 0.1) is 0 Å². The van der Waals surface area contributed by atoms with Crippen LogP contribution in [0.2, 0.25) is 0 Å². The molecule has 0 aromatic carbocycles. The molecule has 4 heterocycles. The summed E-state index contributed by atoms with van der Waals surface area (Å²) >= 11 is 0. The molecule has 0 saturated heterocycles. The summed E-state index contributed by atoms with van der Waals surface area (Å²) in [7, 11) is 1.46. The molecule has 0 aliphatic rings. The van der Waals surface area contributed by atoms with E-state index in [1.54, 1.807) is 6.07 Å². The van der Waals surface area contributed by atoms with Crippen molar-refractivity contribution in [3.63, 3.8) is 0 Å². The molecule has 4 aromatic heterocycles. The maximum atomic E-state index is 13.4. The number of methoxy groups -OCH3 is 1. The van der Waals surface area contributed by atoms with Gasteiger partial charge >= 0.3 is 6.18 Å². The van der Waals surface area contributed by atoms with Crippen molar-refractivity contribution in [3.8, 4) is 11.4 Å². The first-order chi connectivity index (χ1) is 13.5. The number of H-pyrrole nitrogens is 1. The maximum Gasteiger partial charge on any atom is 0.437 e. The molecule has 28 heavy (non-hydrogen) atoms. The Bertz CT molecular complexity index is 1090. The van der Waals surface area contributed by atoms with Crippen molar-refractivity contribution in [2.75, 3.05) is 19.0 Å². The number of nitrogens with zero attached hydrogens (tertiary/aromatic N) is 5. The molecule has 0 spiro atoms. The highest BCUT2D eigenvalue weighted by Crippen LogP contribution is 2.36. The van der Waals surface area contributed by atoms with Gasteiger partial charge in [0, 0.05) is 13.3 Å². The molecular formula is C16H14F3N7O2. The average molecular weight is 393 g/mol. The second-order valence-electron chi connectivity index (χ2n) is 5.81. The van der Waals surface area contributed by atoms with E-state index in [9.17, 15) is 13.2 Å². The van der Waals surface area contributed by atoms with Gasteiger partial charge in [0.05, 0.1) is 36.9 Å². The number of aromatic nitrogens is 6. The van der Waals surface area contributed by atoms with Gasteiger partial charge in [0.15, 0.2) is 17.3 Å². The monoisotopic (exact) mass is 393 g/mol. The van der Waals surface area contributed by atoms with Gasteiger partial charge in [-0.3, -0.25) is 9.78 Å². The molecule has 12 heteroatoms. The Labute approximate surface area is 155 Å². The Hall–Kier alpha value is -3.41. The van der Waals surface area contributed by atoms with Gasteiger partial charge < -0.3 is 14.5 Å². The first kappa shape index (κ1) is 18.0. The fraction of sp³-hybridized carbons (Fsp3) is 0.250. The molecule has 146 valence electrons. The number of halogens is 3. The summed E-state index contributed by atoms with van der Waals surface area (Å²) in [6.07, 6.45) is 0.957. The second-order valence-corrected chi connectivity index (χ2v) is 5.81. The lowest BCUT2D eigenvalue weighted by molar-refractivity contribution is -0.140. The van der Waals surface area contributed by atoms with Crippen molar-refractivity contribution in [3.05, 3.63) is 36.7 Å². The van der Waals surface area contributed by atoms with E-state index in [1.165, 1.54) is 32.0 Å². The molecule has 0 unspecified atom stereocenters. The number of ether oxygens (including phenoxy) is 1. The molecule has 4 rings (SSSR count). The van der Waals surface area contributed by atoms with Crippen molar-refractivity contribution < 1.29 is 22.3 Å². The van der Waals surface area contributed by atoms with Crippen molar-refractivity contribution in [2.45, 2.75) is 12.7 Å². The van der Waals surface area contributed by atoms with E-state index < -0.39 is 11.9 Å². The van der Waals surface area contributed by atoms with Crippen molar-refractivity contribution in [2.24, 2.45) is 0 Å². The standard InChI is InChI=1S/C16H14F3N7O2/c1-27-5-3-26-7-11(13(25-26)16(17,18)19)22-15-12-10(6-20-24-12)21-14(23-15)9-2-4-28-8-9/h2,4,6-8H,3,5H2,1H3,(H,20,24)(H,21,22,23). The fourth-order valence-electron chi connectivity index (χ4n) is 2.60. The van der Waals surface area contributed by atoms with Crippen LogP contribution in [-0.2, 0) is 17.5 Å². The van der Waals surface area contributed by atoms with Crippen molar-refractivity contribution in [1.29, 1.82) is 0 Å². The number of hydrogen-bond acceptors (Lipinski definition) is 7. The summed E-state index contributed by atoms with van der Waals surface area (Å²) in [6, 6.07) is 1.65. The summed E-state index contributed by atoms with van der Waals surface area (Å²) in [6.45, 7) is 0.395. The number of nitrogens with one attached hydrogen (secondary N) is 2. The number of alkyl halides is 3. The Morgan fingerprint density at radius 3 is 2.89 bits per heavy atom. The van der Waals surface area contributed by atoms with E-state index in [4.69, 9.17) is 9.15 Å². The van der Waals surface area contributed by atoms with Crippen LogP contribution in [0.15, 0.2) is 35.4 Å². The number of aromatic amines is 1. The predicted octanol–water partition coefficient (Wildman–Crippen LogP) is 3.22. The van der Waals surface area contributed by atoms with E-state index >= 15 is 0 Å². The molecule has 0 amide bonds. The topological polar surface area (TPSA) is 107 Å². The number of furan rings is 1. The van der Waals surface area contributed by atoms with Gasteiger partial charge in [-0.05, 0) is 6.07 Å². The smallest absolute Gasteiger partial charge is 0.437 e. The van der Waals surface area contributed by atoms with Crippen LogP contribution < -0.4 is 5.32 Å². The summed E-state index contributed by atoms with van der Waals surface area (Å²) in [5.74, 6) is 0.418. The van der Waals surface area contributed by atoms with Crippen LogP contribution in [0.1, 0.15) is 5.69 Å². The highest BCUT2D eigenvalue weighted by molar-refractivity contribution is 5.88. The van der Waals surface area contributed by atoms with Crippen molar-refractivity contribution in [1.82, 2.24) is 29.9 Å². The Morgan fingerprint density at radius 2 is 2.18 bits per heavy atom. The second kappa shape index (κ2) is 6.96. The SMILES string of the molecule is COCCn1cc(Nc2nc(-c3ccoc3)nc3cn[nH]c23)c(C(F)(F)F)n1. The summed E-state index contributed by atoms with van der Waals surface area (Å²) in [5, 5.41) is 12.9. The van der Waals surface area contributed by atoms with E-state index in [-0.39, 0.29) is 30.5 Å². The van der Waals surface area contributed by atoms with Crippen LogP contribution in [0.4, 0.5) is 24.7 Å². The van der Waals surface area contributed by atoms with Crippen LogP contribution in [-0.4, -0.2) is 43.7 Å². The zero-order chi connectivity index (χ0) is 19.7. The molecule has 0 fully saturated rings. The summed E-state index contributed by atoms with van der Waals surface area (Å²) in [4.78, 5) is 8.66. The van der Waals surface area contributed by atoms with E-state index in [1.807, 2.05) is 0 Å². The van der Waals surface area contributed by atoms with E-state index in [2.05, 4.69) is 30.6 Å². The lowest BCUT2D eigenvalue weighted by Gasteiger charge is -2.09. The average Bonchev–Trinajstić information content (AvgIpc) is 3.39. The largest absolute Gasteiger partial charge is 0.472 e. The third-order valence-corrected chi connectivity index (χ3v) is 3.89. The number of fused-ring (bicyclic) bond motifs is 1. The molecule has 0 bridgehead atoms. The molecule has 4 aromatic rings. The minimum absolute atomic E-state index is 0.135. The van der Waals surface area contributed by atoms with Gasteiger partial charge in [-0.2, -0.15) is 23.4 Å². The Kier molecular flexibility index (Phi) is 4.47. The van der Waals surface area contributed by atoms with Gasteiger partial charge in [-0.25, -0.2) is 9.97 Å². The van der Waals surface area contributed by atoms with Gasteiger partial charge in [0.1, 0.15) is 17.3 Å². The first-order valence-electron chi connectivity index (χ1n) is 8.10. The van der Waals surface area contributed by atoms with Crippen LogP contribution in [0.25, 0.3) is 22.4 Å². The summed E-state index contributed by atoms with van der Waals surface area (Å²) < 4.78 is 51.4. The lowest BCUT2D eigenvalue weighted by Crippen LogP contribution is -2.11. The molecule has 0 saturated carbocycles. The van der Waals surface area contributed by atoms with E-state index in [0.29, 0.717) is 16.6 Å². The summed E-state index contributed by atoms with van der Waals surface area (Å²) in [5.41, 5.74) is 0.0908. The first-order valence-corrected chi connectivity index (χ1v) is 8.10. The predicted molar refractivity (Wildman–Crippen MR) is 91.8 cm³/mol. The molecule has 0 aliphatic carbocycles. The van der Waals surface area contributed by atoms with Crippen LogP contribution in [0.3, 0.4) is 0 Å². The minimum atomic E-state index is -4.64. The molecule has 0 radical (unpaired) electrons. The molecule has 2 N–H and O–H groups in total. The minimum Gasteiger partial charge on any atom is -0.472 e. The molecule has 0 atom stereocenters. The number of anilines is 2. The van der Waals surface area contributed by atoms with Crippen LogP contribution >= 0.6 is 0 Å². The van der Waals surface area contributed by atoms with Gasteiger partial charge in [0.25, 0.3) is 0 Å². The highest BCUT2D eigenvalue weighted by Gasteiger charge is 2.37. The van der Waals surface area contributed by atoms with Gasteiger partial charge in [0.2, 0.25) is 0 Å².